The fourth-order valence-electron chi connectivity index (χ4n) is 1.97. The van der Waals surface area contributed by atoms with Crippen molar-refractivity contribution >= 4 is 5.97 Å². The highest BCUT2D eigenvalue weighted by atomic mass is 16.5. The summed E-state index contributed by atoms with van der Waals surface area (Å²) in [7, 11) is 2.92. The van der Waals surface area contributed by atoms with E-state index in [4.69, 9.17) is 15.0 Å². The summed E-state index contributed by atoms with van der Waals surface area (Å²) in [5.74, 6) is -0.0799. The van der Waals surface area contributed by atoms with Gasteiger partial charge in [0.05, 0.1) is 13.7 Å². The maximum Gasteiger partial charge on any atom is 0.328 e. The third-order valence-corrected chi connectivity index (χ3v) is 2.91. The monoisotopic (exact) mass is 242 g/mol. The minimum Gasteiger partial charge on any atom is -0.468 e. The number of hydrogen-bond donors (Lipinski definition) is 1. The summed E-state index contributed by atoms with van der Waals surface area (Å²) in [5, 5.41) is 6.54. The van der Waals surface area contributed by atoms with E-state index < -0.39 is 5.54 Å². The predicted molar refractivity (Wildman–Crippen MR) is 61.4 cm³/mol. The molecule has 0 heterocycles. The second kappa shape index (κ2) is 6.44. The van der Waals surface area contributed by atoms with Gasteiger partial charge in [0.2, 0.25) is 0 Å². The van der Waals surface area contributed by atoms with E-state index in [-0.39, 0.29) is 18.5 Å². The summed E-state index contributed by atoms with van der Waals surface area (Å²) in [6.07, 6.45) is 1.96. The van der Waals surface area contributed by atoms with Crippen molar-refractivity contribution in [2.45, 2.75) is 18.4 Å². The van der Waals surface area contributed by atoms with E-state index in [1.165, 1.54) is 7.11 Å². The Hall–Kier alpha value is -1.30. The number of hydrogen-bond acceptors (Lipinski definition) is 5. The lowest BCUT2D eigenvalue weighted by atomic mass is 9.94. The van der Waals surface area contributed by atoms with Crippen molar-refractivity contribution in [2.75, 3.05) is 33.9 Å². The molecule has 0 aromatic carbocycles. The molecule has 96 valence electrons. The van der Waals surface area contributed by atoms with Gasteiger partial charge in [0.25, 0.3) is 0 Å². The standard InChI is InChI=1S/C10H18N4O3/c1-16-7-10(8-3-4-8,9(15)17-2)12-5-6-13-14-11/h8,12H,3-7H2,1-2H3. The average Bonchev–Trinajstić information content (AvgIpc) is 3.16. The maximum atomic E-state index is 11.9. The molecule has 0 saturated heterocycles. The number of rotatable bonds is 8. The Kier molecular flexibility index (Phi) is 5.21. The Balaban J connectivity index is 2.67. The highest BCUT2D eigenvalue weighted by molar-refractivity contribution is 5.82. The van der Waals surface area contributed by atoms with Crippen molar-refractivity contribution in [3.05, 3.63) is 10.4 Å². The van der Waals surface area contributed by atoms with E-state index in [9.17, 15) is 4.79 Å². The van der Waals surface area contributed by atoms with Gasteiger partial charge in [0.15, 0.2) is 0 Å². The number of nitrogens with zero attached hydrogens (tertiary/aromatic N) is 3. The summed E-state index contributed by atoms with van der Waals surface area (Å²) in [5.41, 5.74) is 7.39. The first-order valence-corrected chi connectivity index (χ1v) is 5.54. The van der Waals surface area contributed by atoms with Crippen molar-refractivity contribution in [3.63, 3.8) is 0 Å². The zero-order valence-corrected chi connectivity index (χ0v) is 10.2. The summed E-state index contributed by atoms with van der Waals surface area (Å²) in [6.45, 7) is 0.991. The Morgan fingerprint density at radius 3 is 2.76 bits per heavy atom. The van der Waals surface area contributed by atoms with E-state index in [1.807, 2.05) is 0 Å². The number of esters is 1. The van der Waals surface area contributed by atoms with Gasteiger partial charge >= 0.3 is 5.97 Å². The largest absolute Gasteiger partial charge is 0.468 e. The van der Waals surface area contributed by atoms with E-state index in [0.29, 0.717) is 13.1 Å². The number of carbonyl (C=O) groups excluding carboxylic acids is 1. The molecule has 1 unspecified atom stereocenters. The minimum absolute atomic E-state index is 0.237. The molecule has 0 amide bonds. The van der Waals surface area contributed by atoms with Crippen molar-refractivity contribution in [1.82, 2.24) is 5.32 Å². The van der Waals surface area contributed by atoms with Crippen LogP contribution in [0.3, 0.4) is 0 Å². The molecule has 0 aromatic rings. The molecule has 7 nitrogen and oxygen atoms in total. The van der Waals surface area contributed by atoms with Gasteiger partial charge in [0.1, 0.15) is 5.54 Å². The van der Waals surface area contributed by atoms with Gasteiger partial charge in [-0.25, -0.2) is 4.79 Å². The van der Waals surface area contributed by atoms with Gasteiger partial charge in [0, 0.05) is 25.1 Å². The minimum atomic E-state index is -0.797. The van der Waals surface area contributed by atoms with Gasteiger partial charge in [-0.05, 0) is 24.3 Å². The SMILES string of the molecule is COCC(NCCN=[N+]=[N-])(C(=O)OC)C1CC1. The normalized spacial score (nSPS) is 18.0. The van der Waals surface area contributed by atoms with Crippen molar-refractivity contribution in [2.24, 2.45) is 11.0 Å². The van der Waals surface area contributed by atoms with E-state index in [1.54, 1.807) is 7.11 Å². The smallest absolute Gasteiger partial charge is 0.328 e. The van der Waals surface area contributed by atoms with Crippen molar-refractivity contribution < 1.29 is 14.3 Å². The lowest BCUT2D eigenvalue weighted by Gasteiger charge is -2.31. The first kappa shape index (κ1) is 13.8. The third-order valence-electron chi connectivity index (χ3n) is 2.91. The Morgan fingerprint density at radius 1 is 1.59 bits per heavy atom. The first-order valence-electron chi connectivity index (χ1n) is 5.54. The molecule has 7 heteroatoms. The predicted octanol–water partition coefficient (Wildman–Crippen LogP) is 0.854. The maximum absolute atomic E-state index is 11.9. The van der Waals surface area contributed by atoms with Crippen LogP contribution in [0.25, 0.3) is 10.4 Å². The number of nitrogens with one attached hydrogen (secondary N) is 1. The first-order chi connectivity index (χ1) is 8.21. The van der Waals surface area contributed by atoms with Crippen LogP contribution in [0.5, 0.6) is 0 Å². The molecule has 0 radical (unpaired) electrons. The highest BCUT2D eigenvalue weighted by Crippen LogP contribution is 2.40. The molecule has 0 bridgehead atoms. The van der Waals surface area contributed by atoms with Crippen LogP contribution in [0.2, 0.25) is 0 Å². The van der Waals surface area contributed by atoms with Gasteiger partial charge in [-0.1, -0.05) is 5.11 Å². The number of azide groups is 1. The zero-order valence-electron chi connectivity index (χ0n) is 10.2. The van der Waals surface area contributed by atoms with Gasteiger partial charge in [-0.15, -0.1) is 0 Å². The van der Waals surface area contributed by atoms with Crippen molar-refractivity contribution in [3.8, 4) is 0 Å². The van der Waals surface area contributed by atoms with Crippen LogP contribution in [-0.2, 0) is 14.3 Å². The number of ether oxygens (including phenoxy) is 2. The molecule has 0 aromatic heterocycles. The van der Waals surface area contributed by atoms with E-state index >= 15 is 0 Å². The second-order valence-electron chi connectivity index (χ2n) is 4.05. The molecule has 1 saturated carbocycles. The lowest BCUT2D eigenvalue weighted by molar-refractivity contribution is -0.152. The highest BCUT2D eigenvalue weighted by Gasteiger charge is 2.51. The van der Waals surface area contributed by atoms with Crippen LogP contribution >= 0.6 is 0 Å². The molecular weight excluding hydrogens is 224 g/mol. The van der Waals surface area contributed by atoms with Crippen LogP contribution in [0, 0.1) is 5.92 Å². The van der Waals surface area contributed by atoms with Crippen LogP contribution in [0.4, 0.5) is 0 Å². The van der Waals surface area contributed by atoms with Gasteiger partial charge in [-0.2, -0.15) is 0 Å². The van der Waals surface area contributed by atoms with Gasteiger partial charge < -0.3 is 9.47 Å². The average molecular weight is 242 g/mol. The second-order valence-corrected chi connectivity index (χ2v) is 4.05. The molecule has 1 fully saturated rings. The fourth-order valence-corrected chi connectivity index (χ4v) is 1.97. The summed E-state index contributed by atoms with van der Waals surface area (Å²) >= 11 is 0. The molecular formula is C10H18N4O3. The summed E-state index contributed by atoms with van der Waals surface area (Å²) in [6, 6.07) is 0. The molecule has 1 aliphatic carbocycles. The van der Waals surface area contributed by atoms with Gasteiger partial charge in [-0.3, -0.25) is 5.32 Å². The van der Waals surface area contributed by atoms with Crippen LogP contribution in [0.1, 0.15) is 12.8 Å². The molecule has 17 heavy (non-hydrogen) atoms. The van der Waals surface area contributed by atoms with Crippen LogP contribution < -0.4 is 5.32 Å². The van der Waals surface area contributed by atoms with E-state index in [0.717, 1.165) is 12.8 Å². The fraction of sp³-hybridized carbons (Fsp3) is 0.900. The Bertz CT molecular complexity index is 313. The Morgan fingerprint density at radius 2 is 2.29 bits per heavy atom. The van der Waals surface area contributed by atoms with Crippen molar-refractivity contribution in [1.29, 1.82) is 0 Å². The molecule has 1 N–H and O–H groups in total. The molecule has 0 aliphatic heterocycles. The summed E-state index contributed by atoms with van der Waals surface area (Å²) < 4.78 is 9.96. The van der Waals surface area contributed by atoms with Crippen LogP contribution in [0.15, 0.2) is 5.11 Å². The summed E-state index contributed by atoms with van der Waals surface area (Å²) in [4.78, 5) is 14.6. The molecule has 0 spiro atoms. The lowest BCUT2D eigenvalue weighted by Crippen LogP contribution is -2.58. The molecule has 1 aliphatic rings. The third kappa shape index (κ3) is 3.33. The van der Waals surface area contributed by atoms with E-state index in [2.05, 4.69) is 15.3 Å². The molecule has 1 atom stereocenters. The number of carbonyl (C=O) groups is 1. The number of methoxy groups -OCH3 is 2. The Labute approximate surface area is 100 Å². The van der Waals surface area contributed by atoms with Crippen LogP contribution in [-0.4, -0.2) is 45.4 Å². The quantitative estimate of drug-likeness (QED) is 0.224. The topological polar surface area (TPSA) is 96.3 Å². The zero-order chi connectivity index (χ0) is 12.7. The molecule has 1 rings (SSSR count).